The van der Waals surface area contributed by atoms with Crippen LogP contribution in [0.25, 0.3) is 0 Å². The first kappa shape index (κ1) is 9.16. The first-order valence-electron chi connectivity index (χ1n) is 3.90. The van der Waals surface area contributed by atoms with Crippen LogP contribution in [0.3, 0.4) is 0 Å². The lowest BCUT2D eigenvalue weighted by molar-refractivity contribution is 0.282. The molecule has 1 heterocycles. The molecule has 1 aromatic heterocycles. The Kier molecular flexibility index (Phi) is 2.17. The zero-order chi connectivity index (χ0) is 9.35. The van der Waals surface area contributed by atoms with Crippen molar-refractivity contribution in [2.45, 2.75) is 39.3 Å². The van der Waals surface area contributed by atoms with Crippen LogP contribution in [0.4, 0.5) is 4.39 Å². The molecule has 0 saturated heterocycles. The molecule has 0 saturated carbocycles. The van der Waals surface area contributed by atoms with E-state index in [1.54, 1.807) is 0 Å². The van der Waals surface area contributed by atoms with Gasteiger partial charge in [0.05, 0.1) is 0 Å². The summed E-state index contributed by atoms with van der Waals surface area (Å²) in [7, 11) is 0. The minimum Gasteiger partial charge on any atom is -0.244 e. The third kappa shape index (κ3) is 1.62. The molecule has 1 unspecified atom stereocenters. The lowest BCUT2D eigenvalue weighted by atomic mass is 9.90. The van der Waals surface area contributed by atoms with Crippen molar-refractivity contribution in [2.24, 2.45) is 0 Å². The van der Waals surface area contributed by atoms with E-state index in [2.05, 4.69) is 14.9 Å². The second-order valence-corrected chi connectivity index (χ2v) is 3.86. The largest absolute Gasteiger partial charge is 0.244 e. The van der Waals surface area contributed by atoms with Crippen LogP contribution >= 0.6 is 0 Å². The van der Waals surface area contributed by atoms with E-state index in [-0.39, 0.29) is 5.41 Å². The fourth-order valence-electron chi connectivity index (χ4n) is 0.977. The second kappa shape index (κ2) is 2.84. The number of hydrogen-bond acceptors (Lipinski definition) is 3. The Morgan fingerprint density at radius 3 is 2.25 bits per heavy atom. The Balaban J connectivity index is 3.08. The van der Waals surface area contributed by atoms with Gasteiger partial charge in [0.1, 0.15) is 17.6 Å². The SMILES string of the molecule is CC(F)c1nonc1C(C)(C)C. The van der Waals surface area contributed by atoms with Crippen molar-refractivity contribution in [3.8, 4) is 0 Å². The van der Waals surface area contributed by atoms with Crippen LogP contribution in [0.1, 0.15) is 45.3 Å². The molecule has 0 spiro atoms. The van der Waals surface area contributed by atoms with Gasteiger partial charge >= 0.3 is 0 Å². The summed E-state index contributed by atoms with van der Waals surface area (Å²) in [4.78, 5) is 0. The van der Waals surface area contributed by atoms with Crippen LogP contribution < -0.4 is 0 Å². The highest BCUT2D eigenvalue weighted by molar-refractivity contribution is 5.18. The van der Waals surface area contributed by atoms with Crippen molar-refractivity contribution in [3.05, 3.63) is 11.4 Å². The van der Waals surface area contributed by atoms with Crippen LogP contribution in [0, 0.1) is 0 Å². The Morgan fingerprint density at radius 2 is 1.92 bits per heavy atom. The van der Waals surface area contributed by atoms with E-state index in [0.29, 0.717) is 11.4 Å². The number of aromatic nitrogens is 2. The highest BCUT2D eigenvalue weighted by Crippen LogP contribution is 2.27. The lowest BCUT2D eigenvalue weighted by Crippen LogP contribution is -2.14. The number of alkyl halides is 1. The van der Waals surface area contributed by atoms with E-state index >= 15 is 0 Å². The maximum Gasteiger partial charge on any atom is 0.145 e. The number of rotatable bonds is 1. The maximum absolute atomic E-state index is 12.9. The third-order valence-corrected chi connectivity index (χ3v) is 1.60. The first-order chi connectivity index (χ1) is 5.43. The molecule has 0 aliphatic heterocycles. The molecule has 0 N–H and O–H groups in total. The summed E-state index contributed by atoms with van der Waals surface area (Å²) in [5, 5.41) is 7.20. The van der Waals surface area contributed by atoms with Gasteiger partial charge in [0.25, 0.3) is 0 Å². The van der Waals surface area contributed by atoms with Gasteiger partial charge in [-0.15, -0.1) is 0 Å². The quantitative estimate of drug-likeness (QED) is 0.652. The molecule has 0 aromatic carbocycles. The predicted octanol–water partition coefficient (Wildman–Crippen LogP) is 2.40. The fourth-order valence-corrected chi connectivity index (χ4v) is 0.977. The van der Waals surface area contributed by atoms with E-state index in [9.17, 15) is 4.39 Å². The van der Waals surface area contributed by atoms with Gasteiger partial charge in [0.15, 0.2) is 0 Å². The van der Waals surface area contributed by atoms with E-state index in [0.717, 1.165) is 0 Å². The van der Waals surface area contributed by atoms with Gasteiger partial charge in [-0.05, 0) is 6.92 Å². The van der Waals surface area contributed by atoms with Gasteiger partial charge in [-0.3, -0.25) is 0 Å². The summed E-state index contributed by atoms with van der Waals surface area (Å²) in [6.45, 7) is 7.25. The van der Waals surface area contributed by atoms with Crippen molar-refractivity contribution in [1.82, 2.24) is 10.3 Å². The molecule has 3 nitrogen and oxygen atoms in total. The molecule has 0 aliphatic carbocycles. The predicted molar refractivity (Wildman–Crippen MR) is 42.5 cm³/mol. The zero-order valence-corrected chi connectivity index (χ0v) is 7.76. The van der Waals surface area contributed by atoms with E-state index in [1.165, 1.54) is 6.92 Å². The summed E-state index contributed by atoms with van der Waals surface area (Å²) in [6.07, 6.45) is -1.12. The third-order valence-electron chi connectivity index (χ3n) is 1.60. The van der Waals surface area contributed by atoms with Crippen molar-refractivity contribution in [1.29, 1.82) is 0 Å². The van der Waals surface area contributed by atoms with Crippen LogP contribution in [0.2, 0.25) is 0 Å². The number of nitrogens with zero attached hydrogens (tertiary/aromatic N) is 2. The number of halogens is 1. The van der Waals surface area contributed by atoms with Crippen LogP contribution in [-0.4, -0.2) is 10.3 Å². The molecule has 12 heavy (non-hydrogen) atoms. The molecule has 0 amide bonds. The smallest absolute Gasteiger partial charge is 0.145 e. The van der Waals surface area contributed by atoms with Gasteiger partial charge in [0, 0.05) is 5.41 Å². The molecular weight excluding hydrogens is 159 g/mol. The van der Waals surface area contributed by atoms with Crippen LogP contribution in [0.15, 0.2) is 4.63 Å². The van der Waals surface area contributed by atoms with E-state index in [4.69, 9.17) is 0 Å². The molecule has 0 fully saturated rings. The molecule has 4 heteroatoms. The van der Waals surface area contributed by atoms with Crippen molar-refractivity contribution in [3.63, 3.8) is 0 Å². The Morgan fingerprint density at radius 1 is 1.33 bits per heavy atom. The highest BCUT2D eigenvalue weighted by Gasteiger charge is 2.26. The molecule has 68 valence electrons. The Labute approximate surface area is 70.9 Å². The molecule has 0 aliphatic rings. The van der Waals surface area contributed by atoms with E-state index < -0.39 is 6.17 Å². The summed E-state index contributed by atoms with van der Waals surface area (Å²) in [6, 6.07) is 0. The van der Waals surface area contributed by atoms with Gasteiger partial charge in [-0.1, -0.05) is 31.1 Å². The summed E-state index contributed by atoms with van der Waals surface area (Å²) in [5.41, 5.74) is 0.690. The first-order valence-corrected chi connectivity index (χ1v) is 3.90. The summed E-state index contributed by atoms with van der Waals surface area (Å²) in [5.74, 6) is 0. The molecule has 1 rings (SSSR count). The molecule has 0 bridgehead atoms. The maximum atomic E-state index is 12.9. The minimum atomic E-state index is -1.12. The van der Waals surface area contributed by atoms with Crippen molar-refractivity contribution >= 4 is 0 Å². The monoisotopic (exact) mass is 172 g/mol. The van der Waals surface area contributed by atoms with Crippen molar-refractivity contribution in [2.75, 3.05) is 0 Å². The average Bonchev–Trinajstić information content (AvgIpc) is 2.30. The summed E-state index contributed by atoms with van der Waals surface area (Å²) >= 11 is 0. The van der Waals surface area contributed by atoms with E-state index in [1.807, 2.05) is 20.8 Å². The average molecular weight is 172 g/mol. The topological polar surface area (TPSA) is 38.9 Å². The Bertz CT molecular complexity index is 262. The number of hydrogen-bond donors (Lipinski definition) is 0. The zero-order valence-electron chi connectivity index (χ0n) is 7.76. The van der Waals surface area contributed by atoms with Gasteiger partial charge in [-0.2, -0.15) is 0 Å². The normalized spacial score (nSPS) is 14.8. The van der Waals surface area contributed by atoms with Gasteiger partial charge in [-0.25, -0.2) is 9.02 Å². The Hall–Kier alpha value is -0.930. The lowest BCUT2D eigenvalue weighted by Gasteiger charge is -2.15. The van der Waals surface area contributed by atoms with Crippen molar-refractivity contribution < 1.29 is 9.02 Å². The molecule has 1 atom stereocenters. The fraction of sp³-hybridized carbons (Fsp3) is 0.750. The summed E-state index contributed by atoms with van der Waals surface area (Å²) < 4.78 is 17.4. The minimum absolute atomic E-state index is 0.213. The molecule has 0 radical (unpaired) electrons. The second-order valence-electron chi connectivity index (χ2n) is 3.86. The molecular formula is C8H13FN2O. The van der Waals surface area contributed by atoms with Gasteiger partial charge < -0.3 is 0 Å². The standard InChI is InChI=1S/C8H13FN2O/c1-5(9)6-7(8(2,3)4)11-12-10-6/h5H,1-4H3. The van der Waals surface area contributed by atoms with Crippen LogP contribution in [0.5, 0.6) is 0 Å². The highest BCUT2D eigenvalue weighted by atomic mass is 19.1. The van der Waals surface area contributed by atoms with Crippen LogP contribution in [-0.2, 0) is 5.41 Å². The molecule has 1 aromatic rings. The van der Waals surface area contributed by atoms with Gasteiger partial charge in [0.2, 0.25) is 0 Å².